The lowest BCUT2D eigenvalue weighted by Crippen LogP contribution is -2.33. The van der Waals surface area contributed by atoms with Crippen LogP contribution in [0.25, 0.3) is 0 Å². The lowest BCUT2D eigenvalue weighted by Gasteiger charge is -2.12. The molecule has 0 aromatic rings. The standard InChI is InChI=1S/C10H15NO4S4/c12-18(13)3-1-8(6-18)5-17-10(16)11-9-2-4-19(14,15)7-9/h1,9H,2-7H2,(H,11,16)/t9-/m1/s1. The number of thiocarbonyl (C=S) groups is 1. The molecule has 0 amide bonds. The molecule has 2 aliphatic rings. The van der Waals surface area contributed by atoms with E-state index in [1.807, 2.05) is 0 Å². The molecular weight excluding hydrogens is 326 g/mol. The summed E-state index contributed by atoms with van der Waals surface area (Å²) in [6.45, 7) is 0. The van der Waals surface area contributed by atoms with Gasteiger partial charge in [0, 0.05) is 11.8 Å². The van der Waals surface area contributed by atoms with Crippen molar-refractivity contribution in [3.05, 3.63) is 11.6 Å². The first-order chi connectivity index (χ1) is 8.76. The molecule has 0 unspecified atom stereocenters. The molecule has 2 rings (SSSR count). The van der Waals surface area contributed by atoms with Crippen molar-refractivity contribution in [3.63, 3.8) is 0 Å². The molecule has 9 heteroatoms. The Balaban J connectivity index is 1.74. The van der Waals surface area contributed by atoms with Gasteiger partial charge in [-0.25, -0.2) is 16.8 Å². The average molecular weight is 342 g/mol. The Kier molecular flexibility index (Phi) is 4.59. The van der Waals surface area contributed by atoms with Gasteiger partial charge in [0.25, 0.3) is 0 Å². The Labute approximate surface area is 123 Å². The minimum Gasteiger partial charge on any atom is -0.367 e. The first-order valence-electron chi connectivity index (χ1n) is 5.78. The van der Waals surface area contributed by atoms with Crippen molar-refractivity contribution >= 4 is 48.0 Å². The van der Waals surface area contributed by atoms with E-state index in [0.717, 1.165) is 5.57 Å². The summed E-state index contributed by atoms with van der Waals surface area (Å²) in [5.74, 6) is 1.11. The van der Waals surface area contributed by atoms with Gasteiger partial charge in [0.05, 0.1) is 23.0 Å². The maximum atomic E-state index is 11.3. The zero-order valence-electron chi connectivity index (χ0n) is 10.2. The second-order valence-corrected chi connectivity index (χ2v) is 10.7. The van der Waals surface area contributed by atoms with Gasteiger partial charge in [-0.15, -0.1) is 0 Å². The Hall–Kier alpha value is -0.120. The fraction of sp³-hybridized carbons (Fsp3) is 0.700. The van der Waals surface area contributed by atoms with Crippen LogP contribution in [0.1, 0.15) is 6.42 Å². The van der Waals surface area contributed by atoms with Gasteiger partial charge < -0.3 is 5.32 Å². The van der Waals surface area contributed by atoms with Crippen molar-refractivity contribution in [1.29, 1.82) is 0 Å². The van der Waals surface area contributed by atoms with Gasteiger partial charge in [0.2, 0.25) is 0 Å². The lowest BCUT2D eigenvalue weighted by molar-refractivity contribution is 0.599. The van der Waals surface area contributed by atoms with Crippen molar-refractivity contribution in [1.82, 2.24) is 5.32 Å². The number of sulfone groups is 2. The third-order valence-corrected chi connectivity index (χ3v) is 7.59. The summed E-state index contributed by atoms with van der Waals surface area (Å²) in [5.41, 5.74) is 0.869. The molecule has 2 heterocycles. The van der Waals surface area contributed by atoms with E-state index < -0.39 is 19.7 Å². The minimum atomic E-state index is -2.93. The van der Waals surface area contributed by atoms with Crippen LogP contribution in [0.2, 0.25) is 0 Å². The Morgan fingerprint density at radius 1 is 1.37 bits per heavy atom. The summed E-state index contributed by atoms with van der Waals surface area (Å²) < 4.78 is 45.6. The number of rotatable bonds is 3. The van der Waals surface area contributed by atoms with Crippen molar-refractivity contribution in [3.8, 4) is 0 Å². The third kappa shape index (κ3) is 4.73. The van der Waals surface area contributed by atoms with Gasteiger partial charge in [-0.3, -0.25) is 0 Å². The molecule has 0 aliphatic carbocycles. The molecule has 5 nitrogen and oxygen atoms in total. The van der Waals surface area contributed by atoms with Gasteiger partial charge >= 0.3 is 0 Å². The van der Waals surface area contributed by atoms with Crippen molar-refractivity contribution in [2.75, 3.05) is 28.8 Å². The fourth-order valence-electron chi connectivity index (χ4n) is 2.02. The van der Waals surface area contributed by atoms with E-state index in [-0.39, 0.29) is 29.1 Å². The van der Waals surface area contributed by atoms with Crippen LogP contribution in [0.15, 0.2) is 11.6 Å². The van der Waals surface area contributed by atoms with Crippen LogP contribution < -0.4 is 5.32 Å². The quantitative estimate of drug-likeness (QED) is 0.577. The highest BCUT2D eigenvalue weighted by Gasteiger charge is 2.28. The lowest BCUT2D eigenvalue weighted by atomic mass is 10.3. The first kappa shape index (κ1) is 15.3. The number of thioether (sulfide) groups is 1. The molecule has 0 bridgehead atoms. The van der Waals surface area contributed by atoms with Gasteiger partial charge in [0.15, 0.2) is 19.7 Å². The van der Waals surface area contributed by atoms with Crippen molar-refractivity contribution in [2.45, 2.75) is 12.5 Å². The van der Waals surface area contributed by atoms with Gasteiger partial charge in [-0.2, -0.15) is 0 Å². The van der Waals surface area contributed by atoms with Crippen LogP contribution in [0.3, 0.4) is 0 Å². The highest BCUT2D eigenvalue weighted by molar-refractivity contribution is 8.23. The molecule has 1 atom stereocenters. The highest BCUT2D eigenvalue weighted by atomic mass is 32.2. The van der Waals surface area contributed by atoms with Crippen LogP contribution in [0, 0.1) is 0 Å². The summed E-state index contributed by atoms with van der Waals surface area (Å²) >= 11 is 6.49. The Morgan fingerprint density at radius 2 is 2.11 bits per heavy atom. The highest BCUT2D eigenvalue weighted by Crippen LogP contribution is 2.18. The van der Waals surface area contributed by atoms with E-state index in [4.69, 9.17) is 12.2 Å². The maximum absolute atomic E-state index is 11.3. The number of hydrogen-bond donors (Lipinski definition) is 1. The number of nitrogens with one attached hydrogen (secondary N) is 1. The predicted molar refractivity (Wildman–Crippen MR) is 82.0 cm³/mol. The molecule has 19 heavy (non-hydrogen) atoms. The van der Waals surface area contributed by atoms with Gasteiger partial charge in [-0.05, 0) is 12.0 Å². The molecule has 1 saturated heterocycles. The van der Waals surface area contributed by atoms with E-state index in [1.165, 1.54) is 11.8 Å². The average Bonchev–Trinajstić information content (AvgIpc) is 2.78. The predicted octanol–water partition coefficient (Wildman–Crippen LogP) is 0.136. The monoisotopic (exact) mass is 341 g/mol. The first-order valence-corrected chi connectivity index (χ1v) is 10.8. The van der Waals surface area contributed by atoms with Crippen molar-refractivity contribution in [2.24, 2.45) is 0 Å². The van der Waals surface area contributed by atoms with Crippen LogP contribution in [-0.2, 0) is 19.7 Å². The molecule has 1 N–H and O–H groups in total. The Bertz CT molecular complexity index is 605. The largest absolute Gasteiger partial charge is 0.367 e. The molecule has 0 aromatic heterocycles. The van der Waals surface area contributed by atoms with E-state index in [9.17, 15) is 16.8 Å². The molecular formula is C10H15NO4S4. The van der Waals surface area contributed by atoms with Crippen LogP contribution >= 0.6 is 24.0 Å². The van der Waals surface area contributed by atoms with Crippen molar-refractivity contribution < 1.29 is 16.8 Å². The van der Waals surface area contributed by atoms with Gasteiger partial charge in [0.1, 0.15) is 4.32 Å². The minimum absolute atomic E-state index is 0.105. The smallest absolute Gasteiger partial charge is 0.157 e. The molecule has 0 aromatic carbocycles. The molecule has 1 fully saturated rings. The molecule has 0 saturated carbocycles. The normalized spacial score (nSPS) is 28.0. The second kappa shape index (κ2) is 5.71. The van der Waals surface area contributed by atoms with Gasteiger partial charge in [-0.1, -0.05) is 30.1 Å². The van der Waals surface area contributed by atoms with E-state index in [0.29, 0.717) is 16.5 Å². The van der Waals surface area contributed by atoms with E-state index in [1.54, 1.807) is 6.08 Å². The van der Waals surface area contributed by atoms with Crippen LogP contribution in [-0.4, -0.2) is 56.0 Å². The maximum Gasteiger partial charge on any atom is 0.157 e. The van der Waals surface area contributed by atoms with Crippen LogP contribution in [0.5, 0.6) is 0 Å². The molecule has 0 radical (unpaired) electrons. The molecule has 0 spiro atoms. The van der Waals surface area contributed by atoms with E-state index in [2.05, 4.69) is 5.32 Å². The summed E-state index contributed by atoms with van der Waals surface area (Å²) in [5, 5.41) is 3.02. The topological polar surface area (TPSA) is 80.3 Å². The fourth-order valence-corrected chi connectivity index (χ4v) is 6.35. The zero-order chi connectivity index (χ0) is 14.1. The number of hydrogen-bond acceptors (Lipinski definition) is 6. The molecule has 108 valence electrons. The SMILES string of the molecule is O=S1(=O)CC=C(CSC(=S)N[C@@H]2CCS(=O)(=O)C2)C1. The van der Waals surface area contributed by atoms with E-state index >= 15 is 0 Å². The third-order valence-electron chi connectivity index (χ3n) is 2.97. The Morgan fingerprint density at radius 3 is 2.63 bits per heavy atom. The van der Waals surface area contributed by atoms with Crippen LogP contribution in [0.4, 0.5) is 0 Å². The summed E-state index contributed by atoms with van der Waals surface area (Å²) in [6, 6.07) is -0.105. The second-order valence-electron chi connectivity index (χ2n) is 4.74. The summed E-state index contributed by atoms with van der Waals surface area (Å²) in [6.07, 6.45) is 2.31. The summed E-state index contributed by atoms with van der Waals surface area (Å²) in [4.78, 5) is 0. The zero-order valence-corrected chi connectivity index (χ0v) is 13.4. The molecule has 2 aliphatic heterocycles. The summed E-state index contributed by atoms with van der Waals surface area (Å²) in [7, 11) is -5.84.